The van der Waals surface area contributed by atoms with Crippen molar-refractivity contribution in [3.63, 3.8) is 0 Å². The van der Waals surface area contributed by atoms with E-state index in [0.717, 1.165) is 11.0 Å². The fraction of sp³-hybridized carbons (Fsp3) is 0.625. The molecule has 0 fully saturated rings. The molecule has 0 aliphatic rings. The van der Waals surface area contributed by atoms with E-state index in [9.17, 15) is 4.79 Å². The first-order valence-electron chi connectivity index (χ1n) is 4.30. The van der Waals surface area contributed by atoms with Crippen LogP contribution in [0.15, 0.2) is 5.16 Å². The Kier molecular flexibility index (Phi) is 3.51. The van der Waals surface area contributed by atoms with Crippen LogP contribution in [0.25, 0.3) is 0 Å². The molecule has 0 spiro atoms. The van der Waals surface area contributed by atoms with Gasteiger partial charge in [-0.2, -0.15) is 0 Å². The molecule has 0 bridgehead atoms. The van der Waals surface area contributed by atoms with Crippen LogP contribution in [0.4, 0.5) is 0 Å². The van der Waals surface area contributed by atoms with Crippen molar-refractivity contribution in [2.24, 2.45) is 7.05 Å². The summed E-state index contributed by atoms with van der Waals surface area (Å²) in [5.74, 6) is 0.840. The molecule has 1 atom stereocenters. The third-order valence-electron chi connectivity index (χ3n) is 1.95. The summed E-state index contributed by atoms with van der Waals surface area (Å²) < 4.78 is 1.87. The van der Waals surface area contributed by atoms with Crippen molar-refractivity contribution in [1.82, 2.24) is 20.1 Å². The molecule has 0 aromatic carbocycles. The topological polar surface area (TPSA) is 59.8 Å². The highest BCUT2D eigenvalue weighted by atomic mass is 32.2. The van der Waals surface area contributed by atoms with Crippen LogP contribution in [0.1, 0.15) is 12.7 Å². The predicted molar refractivity (Wildman–Crippen MR) is 55.1 cm³/mol. The molecular formula is C8H14N4OS. The number of amides is 1. The van der Waals surface area contributed by atoms with Crippen molar-refractivity contribution in [3.8, 4) is 0 Å². The average Bonchev–Trinajstić information content (AvgIpc) is 2.48. The highest BCUT2D eigenvalue weighted by Gasteiger charge is 2.16. The number of aromatic nitrogens is 3. The molecule has 78 valence electrons. The van der Waals surface area contributed by atoms with Crippen LogP contribution in [0.5, 0.6) is 0 Å². The Labute approximate surface area is 87.3 Å². The second-order valence-electron chi connectivity index (χ2n) is 2.96. The third-order valence-corrected chi connectivity index (χ3v) is 3.08. The van der Waals surface area contributed by atoms with E-state index in [1.807, 2.05) is 25.5 Å². The smallest absolute Gasteiger partial charge is 0.233 e. The lowest BCUT2D eigenvalue weighted by atomic mass is 10.4. The lowest BCUT2D eigenvalue weighted by Crippen LogP contribution is -2.27. The molecule has 0 unspecified atom stereocenters. The number of aryl methyl sites for hydroxylation is 1. The standard InChI is InChI=1S/C8H14N4OS/c1-5(7(13)9-3)14-8-11-10-6(2)12(8)4/h5H,1-4H3,(H,9,13)/t5-/m1/s1. The molecule has 1 rings (SSSR count). The first kappa shape index (κ1) is 11.0. The molecule has 0 aliphatic carbocycles. The summed E-state index contributed by atoms with van der Waals surface area (Å²) in [5.41, 5.74) is 0. The van der Waals surface area contributed by atoms with Crippen LogP contribution in [-0.2, 0) is 11.8 Å². The summed E-state index contributed by atoms with van der Waals surface area (Å²) in [6, 6.07) is 0. The largest absolute Gasteiger partial charge is 0.358 e. The van der Waals surface area contributed by atoms with Gasteiger partial charge in [0.05, 0.1) is 5.25 Å². The number of carbonyl (C=O) groups is 1. The maximum Gasteiger partial charge on any atom is 0.233 e. The van der Waals surface area contributed by atoms with E-state index in [2.05, 4.69) is 15.5 Å². The lowest BCUT2D eigenvalue weighted by Gasteiger charge is -2.08. The Balaban J connectivity index is 2.69. The van der Waals surface area contributed by atoms with Crippen molar-refractivity contribution in [1.29, 1.82) is 0 Å². The van der Waals surface area contributed by atoms with Gasteiger partial charge in [-0.25, -0.2) is 0 Å². The van der Waals surface area contributed by atoms with Crippen LogP contribution < -0.4 is 5.32 Å². The Bertz CT molecular complexity index is 336. The van der Waals surface area contributed by atoms with Gasteiger partial charge in [-0.3, -0.25) is 4.79 Å². The molecule has 1 N–H and O–H groups in total. The number of hydrogen-bond donors (Lipinski definition) is 1. The first-order chi connectivity index (χ1) is 6.56. The van der Waals surface area contributed by atoms with E-state index in [-0.39, 0.29) is 11.2 Å². The van der Waals surface area contributed by atoms with E-state index in [1.54, 1.807) is 7.05 Å². The molecule has 0 radical (unpaired) electrons. The van der Waals surface area contributed by atoms with Crippen molar-refractivity contribution >= 4 is 17.7 Å². The van der Waals surface area contributed by atoms with Crippen molar-refractivity contribution in [3.05, 3.63) is 5.82 Å². The summed E-state index contributed by atoms with van der Waals surface area (Å²) in [4.78, 5) is 11.2. The first-order valence-corrected chi connectivity index (χ1v) is 5.18. The Morgan fingerprint density at radius 1 is 1.57 bits per heavy atom. The fourth-order valence-electron chi connectivity index (χ4n) is 0.905. The second kappa shape index (κ2) is 4.45. The molecular weight excluding hydrogens is 200 g/mol. The monoisotopic (exact) mass is 214 g/mol. The predicted octanol–water partition coefficient (Wildman–Crippen LogP) is 0.350. The lowest BCUT2D eigenvalue weighted by molar-refractivity contribution is -0.119. The highest BCUT2D eigenvalue weighted by Crippen LogP contribution is 2.20. The summed E-state index contributed by atoms with van der Waals surface area (Å²) in [5, 5.41) is 11.1. The van der Waals surface area contributed by atoms with Gasteiger partial charge in [-0.05, 0) is 13.8 Å². The van der Waals surface area contributed by atoms with Crippen molar-refractivity contribution in [2.45, 2.75) is 24.3 Å². The third kappa shape index (κ3) is 2.25. The van der Waals surface area contributed by atoms with Crippen LogP contribution >= 0.6 is 11.8 Å². The second-order valence-corrected chi connectivity index (χ2v) is 4.27. The number of nitrogens with zero attached hydrogens (tertiary/aromatic N) is 3. The zero-order valence-corrected chi connectivity index (χ0v) is 9.55. The number of hydrogen-bond acceptors (Lipinski definition) is 4. The van der Waals surface area contributed by atoms with Crippen LogP contribution in [0.2, 0.25) is 0 Å². The molecule has 6 heteroatoms. The Morgan fingerprint density at radius 3 is 2.64 bits per heavy atom. The SMILES string of the molecule is CNC(=O)[C@@H](C)Sc1nnc(C)n1C. The summed E-state index contributed by atoms with van der Waals surface area (Å²) in [6.07, 6.45) is 0. The van der Waals surface area contributed by atoms with Gasteiger partial charge in [0.2, 0.25) is 5.91 Å². The Morgan fingerprint density at radius 2 is 2.21 bits per heavy atom. The Hall–Kier alpha value is -1.04. The van der Waals surface area contributed by atoms with Crippen molar-refractivity contribution < 1.29 is 4.79 Å². The zero-order valence-electron chi connectivity index (χ0n) is 8.74. The van der Waals surface area contributed by atoms with Gasteiger partial charge in [0, 0.05) is 14.1 Å². The van der Waals surface area contributed by atoms with Crippen LogP contribution in [0, 0.1) is 6.92 Å². The van der Waals surface area contributed by atoms with Crippen LogP contribution in [-0.4, -0.2) is 33.0 Å². The van der Waals surface area contributed by atoms with Gasteiger partial charge >= 0.3 is 0 Å². The number of nitrogens with one attached hydrogen (secondary N) is 1. The number of rotatable bonds is 3. The van der Waals surface area contributed by atoms with E-state index >= 15 is 0 Å². The maximum absolute atomic E-state index is 11.2. The summed E-state index contributed by atoms with van der Waals surface area (Å²) in [6.45, 7) is 3.72. The normalized spacial score (nSPS) is 12.6. The molecule has 5 nitrogen and oxygen atoms in total. The number of thioether (sulfide) groups is 1. The maximum atomic E-state index is 11.2. The van der Waals surface area contributed by atoms with E-state index in [1.165, 1.54) is 11.8 Å². The minimum absolute atomic E-state index is 0.00402. The van der Waals surface area contributed by atoms with Gasteiger partial charge in [0.15, 0.2) is 5.16 Å². The molecule has 1 aromatic rings. The molecule has 0 aliphatic heterocycles. The minimum Gasteiger partial charge on any atom is -0.358 e. The fourth-order valence-corrected chi connectivity index (χ4v) is 1.82. The van der Waals surface area contributed by atoms with Gasteiger partial charge < -0.3 is 9.88 Å². The molecule has 0 saturated heterocycles. The molecule has 1 aromatic heterocycles. The quantitative estimate of drug-likeness (QED) is 0.738. The molecule has 14 heavy (non-hydrogen) atoms. The minimum atomic E-state index is -0.151. The molecule has 1 heterocycles. The number of carbonyl (C=O) groups excluding carboxylic acids is 1. The van der Waals surface area contributed by atoms with Gasteiger partial charge in [0.25, 0.3) is 0 Å². The van der Waals surface area contributed by atoms with Crippen LogP contribution in [0.3, 0.4) is 0 Å². The van der Waals surface area contributed by atoms with Gasteiger partial charge in [-0.1, -0.05) is 11.8 Å². The average molecular weight is 214 g/mol. The summed E-state index contributed by atoms with van der Waals surface area (Å²) >= 11 is 1.40. The van der Waals surface area contributed by atoms with E-state index in [4.69, 9.17) is 0 Å². The zero-order chi connectivity index (χ0) is 10.7. The van der Waals surface area contributed by atoms with Gasteiger partial charge in [-0.15, -0.1) is 10.2 Å². The van der Waals surface area contributed by atoms with E-state index < -0.39 is 0 Å². The highest BCUT2D eigenvalue weighted by molar-refractivity contribution is 8.00. The van der Waals surface area contributed by atoms with E-state index in [0.29, 0.717) is 0 Å². The van der Waals surface area contributed by atoms with Crippen molar-refractivity contribution in [2.75, 3.05) is 7.05 Å². The van der Waals surface area contributed by atoms with Gasteiger partial charge in [0.1, 0.15) is 5.82 Å². The summed E-state index contributed by atoms with van der Waals surface area (Å²) in [7, 11) is 3.51. The molecule has 0 saturated carbocycles. The molecule has 1 amide bonds.